The SMILES string of the molecule is Cc1ccc(-[n+]2ccc(C3CCN(C)CC3)cc2)cc1. The van der Waals surface area contributed by atoms with E-state index in [9.17, 15) is 0 Å². The molecule has 0 bridgehead atoms. The fraction of sp³-hybridized carbons (Fsp3) is 0.389. The van der Waals surface area contributed by atoms with Gasteiger partial charge in [0.2, 0.25) is 5.69 Å². The van der Waals surface area contributed by atoms with Gasteiger partial charge >= 0.3 is 0 Å². The van der Waals surface area contributed by atoms with E-state index < -0.39 is 0 Å². The summed E-state index contributed by atoms with van der Waals surface area (Å²) in [6.45, 7) is 4.56. The van der Waals surface area contributed by atoms with Crippen molar-refractivity contribution in [2.75, 3.05) is 20.1 Å². The zero-order valence-electron chi connectivity index (χ0n) is 12.4. The van der Waals surface area contributed by atoms with Gasteiger partial charge in [-0.2, -0.15) is 4.57 Å². The molecule has 1 aliphatic heterocycles. The molecule has 1 aliphatic rings. The maximum absolute atomic E-state index is 2.42. The summed E-state index contributed by atoms with van der Waals surface area (Å²) in [6, 6.07) is 13.2. The van der Waals surface area contributed by atoms with Crippen LogP contribution in [-0.2, 0) is 0 Å². The Bertz CT molecular complexity index is 549. The second kappa shape index (κ2) is 5.76. The Morgan fingerprint density at radius 3 is 2.15 bits per heavy atom. The normalized spacial score (nSPS) is 17.3. The summed E-state index contributed by atoms with van der Waals surface area (Å²) in [7, 11) is 2.21. The van der Waals surface area contributed by atoms with E-state index >= 15 is 0 Å². The molecule has 3 rings (SSSR count). The molecule has 1 saturated heterocycles. The van der Waals surface area contributed by atoms with Crippen LogP contribution in [0.2, 0.25) is 0 Å². The van der Waals surface area contributed by atoms with Gasteiger partial charge in [0.1, 0.15) is 0 Å². The second-order valence-corrected chi connectivity index (χ2v) is 5.95. The predicted octanol–water partition coefficient (Wildman–Crippen LogP) is 3.08. The predicted molar refractivity (Wildman–Crippen MR) is 82.2 cm³/mol. The Labute approximate surface area is 121 Å². The standard InChI is InChI=1S/C18H23N2/c1-15-3-5-18(6-4-15)20-13-9-17(10-14-20)16-7-11-19(2)12-8-16/h3-6,9-10,13-14,16H,7-8,11-12H2,1-2H3/q+1. The minimum absolute atomic E-state index is 0.735. The average molecular weight is 267 g/mol. The monoisotopic (exact) mass is 267 g/mol. The number of aromatic nitrogens is 1. The first-order valence-corrected chi connectivity index (χ1v) is 7.49. The van der Waals surface area contributed by atoms with Gasteiger partial charge in [-0.1, -0.05) is 17.7 Å². The zero-order chi connectivity index (χ0) is 13.9. The third-order valence-corrected chi connectivity index (χ3v) is 4.38. The Balaban J connectivity index is 1.76. The molecule has 104 valence electrons. The van der Waals surface area contributed by atoms with E-state index in [1.807, 2.05) is 0 Å². The third-order valence-electron chi connectivity index (χ3n) is 4.38. The minimum Gasteiger partial charge on any atom is -0.306 e. The molecule has 0 amide bonds. The van der Waals surface area contributed by atoms with E-state index in [1.54, 1.807) is 0 Å². The molecule has 1 aromatic carbocycles. The summed E-state index contributed by atoms with van der Waals surface area (Å²) in [5.41, 5.74) is 4.02. The maximum atomic E-state index is 2.42. The Kier molecular flexibility index (Phi) is 3.83. The van der Waals surface area contributed by atoms with Crippen LogP contribution in [0.4, 0.5) is 0 Å². The van der Waals surface area contributed by atoms with Gasteiger partial charge < -0.3 is 4.90 Å². The van der Waals surface area contributed by atoms with Crippen LogP contribution in [-0.4, -0.2) is 25.0 Å². The number of nitrogens with zero attached hydrogens (tertiary/aromatic N) is 2. The van der Waals surface area contributed by atoms with E-state index in [0.29, 0.717) is 0 Å². The molecule has 0 unspecified atom stereocenters. The van der Waals surface area contributed by atoms with Crippen molar-refractivity contribution in [3.8, 4) is 5.69 Å². The molecule has 2 nitrogen and oxygen atoms in total. The Morgan fingerprint density at radius 2 is 1.55 bits per heavy atom. The molecule has 0 spiro atoms. The van der Waals surface area contributed by atoms with Crippen LogP contribution in [0.25, 0.3) is 5.69 Å². The molecular weight excluding hydrogens is 244 g/mol. The Morgan fingerprint density at radius 1 is 0.950 bits per heavy atom. The average Bonchev–Trinajstić information content (AvgIpc) is 2.49. The molecule has 0 saturated carbocycles. The van der Waals surface area contributed by atoms with Gasteiger partial charge in [0.15, 0.2) is 12.4 Å². The molecular formula is C18H23N2+. The maximum Gasteiger partial charge on any atom is 0.210 e. The van der Waals surface area contributed by atoms with Gasteiger partial charge in [-0.3, -0.25) is 0 Å². The van der Waals surface area contributed by atoms with Crippen molar-refractivity contribution >= 4 is 0 Å². The van der Waals surface area contributed by atoms with Gasteiger partial charge in [0.05, 0.1) is 0 Å². The zero-order valence-corrected chi connectivity index (χ0v) is 12.4. The number of piperidine rings is 1. The van der Waals surface area contributed by atoms with Gasteiger partial charge in [-0.05, 0) is 51.4 Å². The molecule has 0 radical (unpaired) electrons. The lowest BCUT2D eigenvalue weighted by Crippen LogP contribution is -2.31. The van der Waals surface area contributed by atoms with Crippen LogP contribution in [0.3, 0.4) is 0 Å². The van der Waals surface area contributed by atoms with E-state index in [0.717, 1.165) is 5.92 Å². The molecule has 2 heterocycles. The van der Waals surface area contributed by atoms with Crippen molar-refractivity contribution in [1.29, 1.82) is 0 Å². The highest BCUT2D eigenvalue weighted by Gasteiger charge is 2.19. The van der Waals surface area contributed by atoms with Gasteiger partial charge in [0, 0.05) is 24.3 Å². The number of hydrogen-bond donors (Lipinski definition) is 0. The molecule has 1 aromatic heterocycles. The van der Waals surface area contributed by atoms with Crippen molar-refractivity contribution in [2.45, 2.75) is 25.7 Å². The minimum atomic E-state index is 0.735. The van der Waals surface area contributed by atoms with E-state index in [1.165, 1.54) is 42.7 Å². The van der Waals surface area contributed by atoms with Crippen LogP contribution in [0, 0.1) is 6.92 Å². The number of hydrogen-bond acceptors (Lipinski definition) is 1. The Hall–Kier alpha value is -1.67. The molecule has 2 heteroatoms. The number of pyridine rings is 1. The highest BCUT2D eigenvalue weighted by atomic mass is 15.1. The van der Waals surface area contributed by atoms with Crippen molar-refractivity contribution in [2.24, 2.45) is 0 Å². The molecule has 0 N–H and O–H groups in total. The van der Waals surface area contributed by atoms with Gasteiger partial charge in [0.25, 0.3) is 0 Å². The van der Waals surface area contributed by atoms with Crippen LogP contribution in [0.5, 0.6) is 0 Å². The van der Waals surface area contributed by atoms with E-state index in [2.05, 4.69) is 72.2 Å². The number of rotatable bonds is 2. The third kappa shape index (κ3) is 2.91. The fourth-order valence-electron chi connectivity index (χ4n) is 2.94. The number of aryl methyl sites for hydroxylation is 1. The first-order valence-electron chi connectivity index (χ1n) is 7.49. The van der Waals surface area contributed by atoms with Crippen LogP contribution in [0.15, 0.2) is 48.8 Å². The number of likely N-dealkylation sites (tertiary alicyclic amines) is 1. The summed E-state index contributed by atoms with van der Waals surface area (Å²) >= 11 is 0. The van der Waals surface area contributed by atoms with E-state index in [-0.39, 0.29) is 0 Å². The van der Waals surface area contributed by atoms with Crippen LogP contribution < -0.4 is 4.57 Å². The summed E-state index contributed by atoms with van der Waals surface area (Å²) in [5.74, 6) is 0.735. The lowest BCUT2D eigenvalue weighted by atomic mass is 9.90. The first kappa shape index (κ1) is 13.3. The molecule has 0 atom stereocenters. The summed E-state index contributed by atoms with van der Waals surface area (Å²) < 4.78 is 2.19. The summed E-state index contributed by atoms with van der Waals surface area (Å²) in [4.78, 5) is 2.42. The van der Waals surface area contributed by atoms with Crippen molar-refractivity contribution in [3.05, 3.63) is 59.9 Å². The van der Waals surface area contributed by atoms with Crippen molar-refractivity contribution in [3.63, 3.8) is 0 Å². The lowest BCUT2D eigenvalue weighted by Gasteiger charge is -2.28. The highest BCUT2D eigenvalue weighted by molar-refractivity contribution is 5.27. The topological polar surface area (TPSA) is 7.12 Å². The molecule has 20 heavy (non-hydrogen) atoms. The molecule has 2 aromatic rings. The molecule has 0 aliphatic carbocycles. The van der Waals surface area contributed by atoms with Crippen LogP contribution >= 0.6 is 0 Å². The highest BCUT2D eigenvalue weighted by Crippen LogP contribution is 2.26. The largest absolute Gasteiger partial charge is 0.306 e. The second-order valence-electron chi connectivity index (χ2n) is 5.95. The fourth-order valence-corrected chi connectivity index (χ4v) is 2.94. The summed E-state index contributed by atoms with van der Waals surface area (Å²) in [5, 5.41) is 0. The molecule has 1 fully saturated rings. The van der Waals surface area contributed by atoms with Gasteiger partial charge in [-0.25, -0.2) is 0 Å². The lowest BCUT2D eigenvalue weighted by molar-refractivity contribution is -0.595. The van der Waals surface area contributed by atoms with E-state index in [4.69, 9.17) is 0 Å². The summed E-state index contributed by atoms with van der Waals surface area (Å²) in [6.07, 6.45) is 6.95. The first-order chi connectivity index (χ1) is 9.72. The van der Waals surface area contributed by atoms with Gasteiger partial charge in [-0.15, -0.1) is 0 Å². The smallest absolute Gasteiger partial charge is 0.210 e. The van der Waals surface area contributed by atoms with Crippen LogP contribution in [0.1, 0.15) is 29.9 Å². The quantitative estimate of drug-likeness (QED) is 0.759. The van der Waals surface area contributed by atoms with Crippen molar-refractivity contribution < 1.29 is 4.57 Å². The number of benzene rings is 1. The van der Waals surface area contributed by atoms with Crippen molar-refractivity contribution in [1.82, 2.24) is 4.90 Å².